The molecule has 0 unspecified atom stereocenters. The van der Waals surface area contributed by atoms with Crippen molar-refractivity contribution in [1.29, 1.82) is 0 Å². The molecule has 2 aromatic rings. The molecule has 0 radical (unpaired) electrons. The van der Waals surface area contributed by atoms with Gasteiger partial charge >= 0.3 is 5.63 Å². The van der Waals surface area contributed by atoms with Crippen LogP contribution in [-0.4, -0.2) is 13.7 Å². The Morgan fingerprint density at radius 3 is 2.79 bits per heavy atom. The molecule has 4 heteroatoms. The maximum Gasteiger partial charge on any atom is 0.339 e. The van der Waals surface area contributed by atoms with Crippen molar-refractivity contribution >= 4 is 11.0 Å². The van der Waals surface area contributed by atoms with Crippen molar-refractivity contribution in [3.63, 3.8) is 0 Å². The summed E-state index contributed by atoms with van der Waals surface area (Å²) in [5, 5.41) is 0.789. The van der Waals surface area contributed by atoms with Crippen molar-refractivity contribution in [2.24, 2.45) is 0 Å². The SMILES string of the molecule is CCCCCOc1cc(=O)oc2cc(OC)ccc12. The van der Waals surface area contributed by atoms with Gasteiger partial charge in [0.2, 0.25) is 0 Å². The first-order valence-corrected chi connectivity index (χ1v) is 6.49. The van der Waals surface area contributed by atoms with Crippen LogP contribution < -0.4 is 15.1 Å². The van der Waals surface area contributed by atoms with Crippen molar-refractivity contribution in [3.05, 3.63) is 34.7 Å². The van der Waals surface area contributed by atoms with Gasteiger partial charge in [0.25, 0.3) is 0 Å². The maximum atomic E-state index is 11.5. The number of benzene rings is 1. The standard InChI is InChI=1S/C15H18O4/c1-3-4-5-8-18-13-10-15(16)19-14-9-11(17-2)6-7-12(13)14/h6-7,9-10H,3-5,8H2,1-2H3. The Morgan fingerprint density at radius 2 is 2.05 bits per heavy atom. The van der Waals surface area contributed by atoms with Crippen LogP contribution in [0, 0.1) is 0 Å². The fraction of sp³-hybridized carbons (Fsp3) is 0.400. The zero-order chi connectivity index (χ0) is 13.7. The minimum absolute atomic E-state index is 0.411. The average molecular weight is 262 g/mol. The predicted octanol–water partition coefficient (Wildman–Crippen LogP) is 3.37. The van der Waals surface area contributed by atoms with Crippen molar-refractivity contribution in [1.82, 2.24) is 0 Å². The van der Waals surface area contributed by atoms with Crippen LogP contribution in [0.15, 0.2) is 33.5 Å². The third-order valence-electron chi connectivity index (χ3n) is 2.92. The number of ether oxygens (including phenoxy) is 2. The highest BCUT2D eigenvalue weighted by molar-refractivity contribution is 5.84. The van der Waals surface area contributed by atoms with Gasteiger partial charge in [0, 0.05) is 6.07 Å². The van der Waals surface area contributed by atoms with Gasteiger partial charge in [-0.1, -0.05) is 19.8 Å². The number of hydrogen-bond donors (Lipinski definition) is 0. The maximum absolute atomic E-state index is 11.5. The van der Waals surface area contributed by atoms with Crippen LogP contribution in [0.5, 0.6) is 11.5 Å². The Labute approximate surface area is 111 Å². The quantitative estimate of drug-likeness (QED) is 0.591. The minimum Gasteiger partial charge on any atom is -0.497 e. The average Bonchev–Trinajstić information content (AvgIpc) is 2.42. The van der Waals surface area contributed by atoms with Crippen LogP contribution in [0.3, 0.4) is 0 Å². The third kappa shape index (κ3) is 3.28. The normalized spacial score (nSPS) is 10.6. The zero-order valence-corrected chi connectivity index (χ0v) is 11.3. The molecule has 0 bridgehead atoms. The first-order valence-electron chi connectivity index (χ1n) is 6.49. The van der Waals surface area contributed by atoms with Crippen LogP contribution in [0.1, 0.15) is 26.2 Å². The molecule has 0 atom stereocenters. The largest absolute Gasteiger partial charge is 0.497 e. The van der Waals surface area contributed by atoms with Gasteiger partial charge in [-0.05, 0) is 18.6 Å². The zero-order valence-electron chi connectivity index (χ0n) is 11.3. The van der Waals surface area contributed by atoms with Gasteiger partial charge in [0.05, 0.1) is 25.2 Å². The van der Waals surface area contributed by atoms with Gasteiger partial charge < -0.3 is 13.9 Å². The van der Waals surface area contributed by atoms with Gasteiger partial charge in [-0.25, -0.2) is 4.79 Å². The van der Waals surface area contributed by atoms with Gasteiger partial charge in [0.1, 0.15) is 17.1 Å². The van der Waals surface area contributed by atoms with Crippen molar-refractivity contribution in [3.8, 4) is 11.5 Å². The number of unbranched alkanes of at least 4 members (excludes halogenated alkanes) is 2. The molecule has 4 nitrogen and oxygen atoms in total. The molecule has 0 saturated heterocycles. The summed E-state index contributed by atoms with van der Waals surface area (Å²) in [6, 6.07) is 6.74. The minimum atomic E-state index is -0.411. The smallest absolute Gasteiger partial charge is 0.339 e. The lowest BCUT2D eigenvalue weighted by Crippen LogP contribution is -2.03. The second-order valence-electron chi connectivity index (χ2n) is 4.35. The van der Waals surface area contributed by atoms with E-state index in [1.54, 1.807) is 13.2 Å². The van der Waals surface area contributed by atoms with E-state index in [1.807, 2.05) is 12.1 Å². The second kappa shape index (κ2) is 6.27. The van der Waals surface area contributed by atoms with Crippen LogP contribution in [-0.2, 0) is 0 Å². The lowest BCUT2D eigenvalue weighted by atomic mass is 10.2. The van der Waals surface area contributed by atoms with Gasteiger partial charge in [0.15, 0.2) is 0 Å². The Bertz CT molecular complexity index is 601. The van der Waals surface area contributed by atoms with E-state index in [0.717, 1.165) is 24.6 Å². The summed E-state index contributed by atoms with van der Waals surface area (Å²) >= 11 is 0. The van der Waals surface area contributed by atoms with E-state index in [0.29, 0.717) is 23.7 Å². The molecule has 19 heavy (non-hydrogen) atoms. The predicted molar refractivity (Wildman–Crippen MR) is 74.1 cm³/mol. The molecule has 1 aromatic carbocycles. The van der Waals surface area contributed by atoms with Crippen LogP contribution >= 0.6 is 0 Å². The van der Waals surface area contributed by atoms with E-state index < -0.39 is 5.63 Å². The molecule has 2 rings (SSSR count). The Morgan fingerprint density at radius 1 is 1.21 bits per heavy atom. The van der Waals surface area contributed by atoms with E-state index in [2.05, 4.69) is 6.92 Å². The molecule has 1 aromatic heterocycles. The number of methoxy groups -OCH3 is 1. The number of hydrogen-bond acceptors (Lipinski definition) is 4. The second-order valence-corrected chi connectivity index (χ2v) is 4.35. The highest BCUT2D eigenvalue weighted by Gasteiger charge is 2.07. The molecule has 0 spiro atoms. The molecule has 0 saturated carbocycles. The van der Waals surface area contributed by atoms with E-state index in [9.17, 15) is 4.79 Å². The molecular weight excluding hydrogens is 244 g/mol. The first-order chi connectivity index (χ1) is 9.24. The molecule has 0 aliphatic carbocycles. The Balaban J connectivity index is 2.29. The fourth-order valence-electron chi connectivity index (χ4n) is 1.89. The molecule has 1 heterocycles. The summed E-state index contributed by atoms with van der Waals surface area (Å²) in [7, 11) is 1.57. The topological polar surface area (TPSA) is 48.7 Å². The summed E-state index contributed by atoms with van der Waals surface area (Å²) < 4.78 is 15.9. The van der Waals surface area contributed by atoms with E-state index in [4.69, 9.17) is 13.9 Å². The summed E-state index contributed by atoms with van der Waals surface area (Å²) in [6.45, 7) is 2.75. The summed E-state index contributed by atoms with van der Waals surface area (Å²) in [5.41, 5.74) is 0.0728. The van der Waals surface area contributed by atoms with Crippen molar-refractivity contribution in [2.75, 3.05) is 13.7 Å². The molecule has 0 N–H and O–H groups in total. The summed E-state index contributed by atoms with van der Waals surface area (Å²) in [5.74, 6) is 1.23. The molecular formula is C15H18O4. The first kappa shape index (κ1) is 13.5. The Kier molecular flexibility index (Phi) is 4.44. The molecule has 0 fully saturated rings. The van der Waals surface area contributed by atoms with Crippen molar-refractivity contribution < 1.29 is 13.9 Å². The third-order valence-corrected chi connectivity index (χ3v) is 2.92. The monoisotopic (exact) mass is 262 g/mol. The van der Waals surface area contributed by atoms with Gasteiger partial charge in [-0.3, -0.25) is 0 Å². The van der Waals surface area contributed by atoms with Crippen molar-refractivity contribution in [2.45, 2.75) is 26.2 Å². The highest BCUT2D eigenvalue weighted by atomic mass is 16.5. The summed E-state index contributed by atoms with van der Waals surface area (Å²) in [6.07, 6.45) is 3.24. The Hall–Kier alpha value is -1.97. The van der Waals surface area contributed by atoms with Crippen LogP contribution in [0.2, 0.25) is 0 Å². The molecule has 0 amide bonds. The van der Waals surface area contributed by atoms with Crippen LogP contribution in [0.25, 0.3) is 11.0 Å². The lowest BCUT2D eigenvalue weighted by molar-refractivity contribution is 0.307. The highest BCUT2D eigenvalue weighted by Crippen LogP contribution is 2.27. The lowest BCUT2D eigenvalue weighted by Gasteiger charge is -2.08. The summed E-state index contributed by atoms with van der Waals surface area (Å²) in [4.78, 5) is 11.5. The number of fused-ring (bicyclic) bond motifs is 1. The number of rotatable bonds is 6. The molecule has 0 aliphatic rings. The van der Waals surface area contributed by atoms with E-state index in [-0.39, 0.29) is 0 Å². The fourth-order valence-corrected chi connectivity index (χ4v) is 1.89. The van der Waals surface area contributed by atoms with E-state index >= 15 is 0 Å². The van der Waals surface area contributed by atoms with Gasteiger partial charge in [-0.15, -0.1) is 0 Å². The molecule has 0 aliphatic heterocycles. The van der Waals surface area contributed by atoms with Crippen LogP contribution in [0.4, 0.5) is 0 Å². The van der Waals surface area contributed by atoms with E-state index in [1.165, 1.54) is 6.07 Å². The molecule has 102 valence electrons. The van der Waals surface area contributed by atoms with Gasteiger partial charge in [-0.2, -0.15) is 0 Å².